The van der Waals surface area contributed by atoms with E-state index >= 15 is 0 Å². The van der Waals surface area contributed by atoms with Crippen molar-refractivity contribution in [3.05, 3.63) is 78.4 Å². The van der Waals surface area contributed by atoms with Crippen molar-refractivity contribution in [3.8, 4) is 11.4 Å². The van der Waals surface area contributed by atoms with Crippen LogP contribution in [0.15, 0.2) is 78.0 Å². The van der Waals surface area contributed by atoms with Crippen molar-refractivity contribution < 1.29 is 9.53 Å². The van der Waals surface area contributed by atoms with E-state index in [0.29, 0.717) is 5.75 Å². The number of carbonyl (C=O) groups is 1. The highest BCUT2D eigenvalue weighted by Crippen LogP contribution is 2.34. The number of rotatable bonds is 5. The van der Waals surface area contributed by atoms with Crippen molar-refractivity contribution in [1.82, 2.24) is 9.55 Å². The minimum atomic E-state index is 0.107. The number of anilines is 1. The molecule has 0 bridgehead atoms. The molecule has 0 saturated heterocycles. The van der Waals surface area contributed by atoms with E-state index < -0.39 is 0 Å². The van der Waals surface area contributed by atoms with Crippen LogP contribution in [0.2, 0.25) is 0 Å². The number of hydrogen-bond donors (Lipinski definition) is 0. The number of imidazole rings is 1. The van der Waals surface area contributed by atoms with Gasteiger partial charge in [0, 0.05) is 17.4 Å². The summed E-state index contributed by atoms with van der Waals surface area (Å²) in [6.07, 6.45) is 0.900. The standard InChI is InChI=1S/C25H23N3O2S/c1-17-15-18-7-3-5-9-22(18)27(17)24(29)16-31-25-26-21-8-4-6-10-23(21)28(25)19-11-13-20(30-2)14-12-19/h3-14,17H,15-16H2,1-2H3/t17-/m0/s1. The normalized spacial score (nSPS) is 15.3. The van der Waals surface area contributed by atoms with Crippen LogP contribution in [0.4, 0.5) is 5.69 Å². The Hall–Kier alpha value is -3.25. The minimum absolute atomic E-state index is 0.107. The molecule has 5 rings (SSSR count). The summed E-state index contributed by atoms with van der Waals surface area (Å²) in [6, 6.07) is 24.3. The predicted octanol–water partition coefficient (Wildman–Crippen LogP) is 5.10. The van der Waals surface area contributed by atoms with E-state index in [1.54, 1.807) is 7.11 Å². The molecule has 0 spiro atoms. The van der Waals surface area contributed by atoms with Gasteiger partial charge in [-0.05, 0) is 61.4 Å². The van der Waals surface area contributed by atoms with Gasteiger partial charge in [-0.3, -0.25) is 9.36 Å². The van der Waals surface area contributed by atoms with Crippen molar-refractivity contribution in [2.75, 3.05) is 17.8 Å². The third-order valence-electron chi connectivity index (χ3n) is 5.66. The first kappa shape index (κ1) is 19.7. The van der Waals surface area contributed by atoms with Crippen LogP contribution >= 0.6 is 11.8 Å². The summed E-state index contributed by atoms with van der Waals surface area (Å²) in [5, 5.41) is 0.805. The second-order valence-corrected chi connectivity index (χ2v) is 8.59. The molecule has 0 saturated carbocycles. The molecular formula is C25H23N3O2S. The van der Waals surface area contributed by atoms with Gasteiger partial charge < -0.3 is 9.64 Å². The molecule has 1 aliphatic heterocycles. The first-order chi connectivity index (χ1) is 15.2. The highest BCUT2D eigenvalue weighted by molar-refractivity contribution is 7.99. The fourth-order valence-electron chi connectivity index (χ4n) is 4.22. The molecule has 1 aromatic heterocycles. The van der Waals surface area contributed by atoms with Gasteiger partial charge in [-0.15, -0.1) is 0 Å². The van der Waals surface area contributed by atoms with E-state index in [1.807, 2.05) is 65.6 Å². The maximum Gasteiger partial charge on any atom is 0.237 e. The van der Waals surface area contributed by atoms with Gasteiger partial charge in [-0.1, -0.05) is 42.1 Å². The predicted molar refractivity (Wildman–Crippen MR) is 125 cm³/mol. The van der Waals surface area contributed by atoms with Crippen LogP contribution in [-0.4, -0.2) is 34.4 Å². The summed E-state index contributed by atoms with van der Waals surface area (Å²) in [7, 11) is 1.66. The molecule has 4 aromatic rings. The molecule has 5 nitrogen and oxygen atoms in total. The topological polar surface area (TPSA) is 47.4 Å². The average molecular weight is 430 g/mol. The Labute approximate surface area is 185 Å². The van der Waals surface area contributed by atoms with E-state index in [-0.39, 0.29) is 11.9 Å². The lowest BCUT2D eigenvalue weighted by Crippen LogP contribution is -2.37. The van der Waals surface area contributed by atoms with E-state index in [9.17, 15) is 4.79 Å². The summed E-state index contributed by atoms with van der Waals surface area (Å²) in [5.74, 6) is 1.24. The van der Waals surface area contributed by atoms with Crippen molar-refractivity contribution in [2.24, 2.45) is 0 Å². The summed E-state index contributed by atoms with van der Waals surface area (Å²) in [4.78, 5) is 19.9. The number of thioether (sulfide) groups is 1. The van der Waals surface area contributed by atoms with Crippen molar-refractivity contribution in [2.45, 2.75) is 24.5 Å². The smallest absolute Gasteiger partial charge is 0.237 e. The van der Waals surface area contributed by atoms with Gasteiger partial charge in [0.1, 0.15) is 5.75 Å². The monoisotopic (exact) mass is 429 g/mol. The molecule has 2 heterocycles. The molecule has 0 radical (unpaired) electrons. The summed E-state index contributed by atoms with van der Waals surface area (Å²) in [6.45, 7) is 2.11. The van der Waals surface area contributed by atoms with Gasteiger partial charge >= 0.3 is 0 Å². The van der Waals surface area contributed by atoms with E-state index in [4.69, 9.17) is 9.72 Å². The second kappa shape index (κ2) is 8.12. The molecule has 0 N–H and O–H groups in total. The van der Waals surface area contributed by atoms with Gasteiger partial charge in [0.05, 0.1) is 23.9 Å². The number of aromatic nitrogens is 2. The summed E-state index contributed by atoms with van der Waals surface area (Å²) < 4.78 is 7.40. The zero-order chi connectivity index (χ0) is 21.4. The Bertz CT molecular complexity index is 1250. The van der Waals surface area contributed by atoms with E-state index in [2.05, 4.69) is 23.6 Å². The maximum absolute atomic E-state index is 13.2. The highest BCUT2D eigenvalue weighted by atomic mass is 32.2. The van der Waals surface area contributed by atoms with E-state index in [0.717, 1.165) is 39.7 Å². The molecule has 156 valence electrons. The number of fused-ring (bicyclic) bond motifs is 2. The first-order valence-corrected chi connectivity index (χ1v) is 11.3. The number of methoxy groups -OCH3 is 1. The number of hydrogen-bond acceptors (Lipinski definition) is 4. The molecule has 0 aliphatic carbocycles. The number of amides is 1. The fourth-order valence-corrected chi connectivity index (χ4v) is 5.11. The lowest BCUT2D eigenvalue weighted by Gasteiger charge is -2.22. The van der Waals surface area contributed by atoms with Crippen LogP contribution < -0.4 is 9.64 Å². The SMILES string of the molecule is COc1ccc(-n2c(SCC(=O)N3c4ccccc4C[C@@H]3C)nc3ccccc32)cc1. The lowest BCUT2D eigenvalue weighted by atomic mass is 10.1. The molecule has 1 atom stereocenters. The molecule has 0 unspecified atom stereocenters. The van der Waals surface area contributed by atoms with Gasteiger partial charge in [0.2, 0.25) is 5.91 Å². The third kappa shape index (κ3) is 3.57. The summed E-state index contributed by atoms with van der Waals surface area (Å²) >= 11 is 1.48. The largest absolute Gasteiger partial charge is 0.497 e. The van der Waals surface area contributed by atoms with Gasteiger partial charge in [0.25, 0.3) is 0 Å². The van der Waals surface area contributed by atoms with Crippen LogP contribution in [0.1, 0.15) is 12.5 Å². The average Bonchev–Trinajstić information content (AvgIpc) is 3.34. The van der Waals surface area contributed by atoms with Gasteiger partial charge in [-0.2, -0.15) is 0 Å². The maximum atomic E-state index is 13.2. The molecule has 6 heteroatoms. The number of carbonyl (C=O) groups excluding carboxylic acids is 1. The number of para-hydroxylation sites is 3. The fraction of sp³-hybridized carbons (Fsp3) is 0.200. The molecule has 3 aromatic carbocycles. The zero-order valence-corrected chi connectivity index (χ0v) is 18.3. The quantitative estimate of drug-likeness (QED) is 0.414. The van der Waals surface area contributed by atoms with Crippen LogP contribution in [0, 0.1) is 0 Å². The Kier molecular flexibility index (Phi) is 5.16. The summed E-state index contributed by atoms with van der Waals surface area (Å²) in [5.41, 5.74) is 5.18. The first-order valence-electron chi connectivity index (χ1n) is 10.3. The Morgan fingerprint density at radius 3 is 2.61 bits per heavy atom. The van der Waals surface area contributed by atoms with Crippen LogP contribution in [0.5, 0.6) is 5.75 Å². The molecular weight excluding hydrogens is 406 g/mol. The highest BCUT2D eigenvalue weighted by Gasteiger charge is 2.30. The number of ether oxygens (including phenoxy) is 1. The Balaban J connectivity index is 1.45. The third-order valence-corrected chi connectivity index (χ3v) is 6.58. The molecule has 1 amide bonds. The van der Waals surface area contributed by atoms with Crippen molar-refractivity contribution >= 4 is 34.4 Å². The van der Waals surface area contributed by atoms with Gasteiger partial charge in [0.15, 0.2) is 5.16 Å². The molecule has 31 heavy (non-hydrogen) atoms. The lowest BCUT2D eigenvalue weighted by molar-refractivity contribution is -0.116. The minimum Gasteiger partial charge on any atom is -0.497 e. The van der Waals surface area contributed by atoms with Crippen LogP contribution in [0.25, 0.3) is 16.7 Å². The Morgan fingerprint density at radius 1 is 1.06 bits per heavy atom. The van der Waals surface area contributed by atoms with Gasteiger partial charge in [-0.25, -0.2) is 4.98 Å². The van der Waals surface area contributed by atoms with Crippen molar-refractivity contribution in [3.63, 3.8) is 0 Å². The Morgan fingerprint density at radius 2 is 1.81 bits per heavy atom. The van der Waals surface area contributed by atoms with Crippen LogP contribution in [-0.2, 0) is 11.2 Å². The van der Waals surface area contributed by atoms with Crippen LogP contribution in [0.3, 0.4) is 0 Å². The van der Waals surface area contributed by atoms with E-state index in [1.165, 1.54) is 17.3 Å². The molecule has 1 aliphatic rings. The second-order valence-electron chi connectivity index (χ2n) is 7.65. The molecule has 0 fully saturated rings. The van der Waals surface area contributed by atoms with Crippen molar-refractivity contribution in [1.29, 1.82) is 0 Å². The number of benzene rings is 3. The zero-order valence-electron chi connectivity index (χ0n) is 17.5. The number of nitrogens with zero attached hydrogens (tertiary/aromatic N) is 3.